The first-order chi connectivity index (χ1) is 14.3. The van der Waals surface area contributed by atoms with Crippen molar-refractivity contribution in [1.29, 1.82) is 0 Å². The summed E-state index contributed by atoms with van der Waals surface area (Å²) in [5.74, 6) is -0.552. The van der Waals surface area contributed by atoms with Crippen molar-refractivity contribution >= 4 is 27.8 Å². The lowest BCUT2D eigenvalue weighted by molar-refractivity contribution is -0.138. The molecule has 156 valence electrons. The maximum atomic E-state index is 12.9. The van der Waals surface area contributed by atoms with Crippen LogP contribution in [0.4, 0.5) is 0 Å². The molecule has 0 spiro atoms. The molecule has 0 saturated carbocycles. The van der Waals surface area contributed by atoms with E-state index in [0.29, 0.717) is 11.3 Å². The molecule has 4 rings (SSSR count). The van der Waals surface area contributed by atoms with Crippen LogP contribution in [0.3, 0.4) is 0 Å². The SMILES string of the molecule is O=C(O)C(Cc1ccc(O)cc1)NS(=O)(=O)C1=CC2Oc3ccccc3SC2C=C1. The number of phenols is 1. The van der Waals surface area contributed by atoms with Gasteiger partial charge in [-0.3, -0.25) is 4.79 Å². The summed E-state index contributed by atoms with van der Waals surface area (Å²) in [6, 6.07) is 12.1. The van der Waals surface area contributed by atoms with Crippen LogP contribution in [0.1, 0.15) is 5.56 Å². The number of fused-ring (bicyclic) bond motifs is 2. The largest absolute Gasteiger partial charge is 0.508 e. The van der Waals surface area contributed by atoms with Gasteiger partial charge in [-0.1, -0.05) is 30.3 Å². The molecule has 3 atom stereocenters. The van der Waals surface area contributed by atoms with Gasteiger partial charge in [-0.25, -0.2) is 8.42 Å². The van der Waals surface area contributed by atoms with E-state index in [0.717, 1.165) is 4.90 Å². The number of sulfonamides is 1. The van der Waals surface area contributed by atoms with E-state index in [1.54, 1.807) is 30.0 Å². The van der Waals surface area contributed by atoms with Crippen LogP contribution in [0, 0.1) is 0 Å². The molecule has 0 radical (unpaired) electrons. The molecule has 2 aromatic carbocycles. The first kappa shape index (κ1) is 20.5. The van der Waals surface area contributed by atoms with Crippen LogP contribution in [-0.2, 0) is 21.2 Å². The van der Waals surface area contributed by atoms with Gasteiger partial charge in [-0.2, -0.15) is 4.72 Å². The highest BCUT2D eigenvalue weighted by Crippen LogP contribution is 2.42. The first-order valence-electron chi connectivity index (χ1n) is 9.17. The summed E-state index contributed by atoms with van der Waals surface area (Å²) in [5, 5.41) is 18.8. The molecule has 9 heteroatoms. The fourth-order valence-electron chi connectivity index (χ4n) is 3.24. The monoisotopic (exact) mass is 445 g/mol. The van der Waals surface area contributed by atoms with Gasteiger partial charge in [0.1, 0.15) is 23.6 Å². The Morgan fingerprint density at radius 1 is 1.17 bits per heavy atom. The molecule has 1 heterocycles. The summed E-state index contributed by atoms with van der Waals surface area (Å²) >= 11 is 1.59. The molecule has 2 aromatic rings. The number of hydrogen-bond donors (Lipinski definition) is 3. The predicted molar refractivity (Wildman–Crippen MR) is 113 cm³/mol. The van der Waals surface area contributed by atoms with Crippen LogP contribution in [-0.4, -0.2) is 42.0 Å². The van der Waals surface area contributed by atoms with Crippen LogP contribution >= 0.6 is 11.8 Å². The molecule has 3 unspecified atom stereocenters. The molecule has 3 N–H and O–H groups in total. The highest BCUT2D eigenvalue weighted by Gasteiger charge is 2.34. The highest BCUT2D eigenvalue weighted by atomic mass is 32.2. The van der Waals surface area contributed by atoms with Crippen molar-refractivity contribution in [3.63, 3.8) is 0 Å². The van der Waals surface area contributed by atoms with Gasteiger partial charge in [0, 0.05) is 0 Å². The third kappa shape index (κ3) is 4.38. The lowest BCUT2D eigenvalue weighted by Crippen LogP contribution is -2.43. The van der Waals surface area contributed by atoms with Gasteiger partial charge >= 0.3 is 5.97 Å². The van der Waals surface area contributed by atoms with Crippen LogP contribution in [0.25, 0.3) is 0 Å². The van der Waals surface area contributed by atoms with Crippen molar-refractivity contribution in [2.45, 2.75) is 28.7 Å². The Kier molecular flexibility index (Phi) is 5.59. The summed E-state index contributed by atoms with van der Waals surface area (Å²) in [6.45, 7) is 0. The average Bonchev–Trinajstić information content (AvgIpc) is 2.72. The third-order valence-electron chi connectivity index (χ3n) is 4.76. The fourth-order valence-corrected chi connectivity index (χ4v) is 5.61. The number of allylic oxidation sites excluding steroid dienone is 1. The Hall–Kier alpha value is -2.75. The summed E-state index contributed by atoms with van der Waals surface area (Å²) in [6.07, 6.45) is 4.22. The number of aliphatic carboxylic acids is 1. The Morgan fingerprint density at radius 2 is 1.90 bits per heavy atom. The molecule has 0 fully saturated rings. The minimum atomic E-state index is -4.08. The van der Waals surface area contributed by atoms with E-state index in [1.807, 2.05) is 24.3 Å². The molecule has 0 amide bonds. The van der Waals surface area contributed by atoms with E-state index in [9.17, 15) is 23.4 Å². The number of rotatable bonds is 6. The predicted octanol–water partition coefficient (Wildman–Crippen LogP) is 2.68. The van der Waals surface area contributed by atoms with Crippen LogP contribution < -0.4 is 9.46 Å². The molecular formula is C21H19NO6S2. The second-order valence-electron chi connectivity index (χ2n) is 6.92. The number of phenolic OH excluding ortho intramolecular Hbond substituents is 1. The summed E-state index contributed by atoms with van der Waals surface area (Å²) in [4.78, 5) is 12.6. The quantitative estimate of drug-likeness (QED) is 0.627. The van der Waals surface area contributed by atoms with Crippen LogP contribution in [0.5, 0.6) is 11.5 Å². The lowest BCUT2D eigenvalue weighted by atomic mass is 10.1. The highest BCUT2D eigenvalue weighted by molar-refractivity contribution is 8.00. The van der Waals surface area contributed by atoms with Crippen LogP contribution in [0.2, 0.25) is 0 Å². The minimum absolute atomic E-state index is 0.0271. The normalized spacial score (nSPS) is 21.0. The molecule has 0 saturated heterocycles. The van der Waals surface area contributed by atoms with Crippen LogP contribution in [0.15, 0.2) is 76.6 Å². The van der Waals surface area contributed by atoms with Crippen molar-refractivity contribution in [3.05, 3.63) is 77.2 Å². The maximum Gasteiger partial charge on any atom is 0.322 e. The Balaban J connectivity index is 1.52. The zero-order chi connectivity index (χ0) is 21.3. The summed E-state index contributed by atoms with van der Waals surface area (Å²) in [5.41, 5.74) is 0.583. The number of benzene rings is 2. The molecule has 30 heavy (non-hydrogen) atoms. The number of para-hydroxylation sites is 1. The van der Waals surface area contributed by atoms with Crippen molar-refractivity contribution < 1.29 is 28.2 Å². The number of ether oxygens (including phenoxy) is 1. The van der Waals surface area contributed by atoms with E-state index in [4.69, 9.17) is 4.74 Å². The molecular weight excluding hydrogens is 426 g/mol. The molecule has 1 aliphatic heterocycles. The number of thioether (sulfide) groups is 1. The number of hydrogen-bond acceptors (Lipinski definition) is 6. The number of carbonyl (C=O) groups is 1. The molecule has 2 aliphatic rings. The second-order valence-corrected chi connectivity index (χ2v) is 9.86. The van der Waals surface area contributed by atoms with Gasteiger partial charge in [-0.15, -0.1) is 11.8 Å². The van der Waals surface area contributed by atoms with E-state index >= 15 is 0 Å². The Morgan fingerprint density at radius 3 is 2.63 bits per heavy atom. The van der Waals surface area contributed by atoms with E-state index in [1.165, 1.54) is 24.3 Å². The Bertz CT molecular complexity index is 1120. The Labute approximate surface area is 178 Å². The van der Waals surface area contributed by atoms with Gasteiger partial charge < -0.3 is 14.9 Å². The third-order valence-corrected chi connectivity index (χ3v) is 7.54. The van der Waals surface area contributed by atoms with Gasteiger partial charge in [0.2, 0.25) is 10.0 Å². The van der Waals surface area contributed by atoms with Crippen molar-refractivity contribution in [2.75, 3.05) is 0 Å². The number of carboxylic acids is 1. The molecule has 0 aromatic heterocycles. The van der Waals surface area contributed by atoms with Crippen molar-refractivity contribution in [1.82, 2.24) is 4.72 Å². The van der Waals surface area contributed by atoms with Crippen molar-refractivity contribution in [2.24, 2.45) is 0 Å². The smallest absolute Gasteiger partial charge is 0.322 e. The van der Waals surface area contributed by atoms with Gasteiger partial charge in [0.05, 0.1) is 15.1 Å². The topological polar surface area (TPSA) is 113 Å². The molecule has 0 bridgehead atoms. The van der Waals surface area contributed by atoms with Crippen molar-refractivity contribution in [3.8, 4) is 11.5 Å². The maximum absolute atomic E-state index is 12.9. The van der Waals surface area contributed by atoms with Gasteiger partial charge in [0.25, 0.3) is 0 Å². The number of aromatic hydroxyl groups is 1. The lowest BCUT2D eigenvalue weighted by Gasteiger charge is -2.32. The van der Waals surface area contributed by atoms with Gasteiger partial charge in [-0.05, 0) is 48.4 Å². The average molecular weight is 446 g/mol. The zero-order valence-electron chi connectivity index (χ0n) is 15.6. The summed E-state index contributed by atoms with van der Waals surface area (Å²) in [7, 11) is -4.08. The number of carboxylic acid groups (broad SMARTS) is 1. The van der Waals surface area contributed by atoms with E-state index in [2.05, 4.69) is 4.72 Å². The first-order valence-corrected chi connectivity index (χ1v) is 11.5. The van der Waals surface area contributed by atoms with E-state index < -0.39 is 28.1 Å². The van der Waals surface area contributed by atoms with Gasteiger partial charge in [0.15, 0.2) is 0 Å². The standard InChI is InChI=1S/C21H19NO6S2/c23-14-7-5-13(6-8-14)11-16(21(24)25)22-30(26,27)15-9-10-20-18(12-15)28-17-3-1-2-4-19(17)29-20/h1-10,12,16,18,20,22-23H,11H2,(H,24,25). The fraction of sp³-hybridized carbons (Fsp3) is 0.190. The summed E-state index contributed by atoms with van der Waals surface area (Å²) < 4.78 is 33.9. The van der Waals surface area contributed by atoms with E-state index in [-0.39, 0.29) is 22.3 Å². The molecule has 1 aliphatic carbocycles. The molecule has 7 nitrogen and oxygen atoms in total. The second kappa shape index (κ2) is 8.17. The number of nitrogens with one attached hydrogen (secondary N) is 1. The minimum Gasteiger partial charge on any atom is -0.508 e. The zero-order valence-corrected chi connectivity index (χ0v) is 17.3.